The number of nitrogens with zero attached hydrogens (tertiary/aromatic N) is 2. The topological polar surface area (TPSA) is 38.1 Å². The molecular weight excluding hydrogens is 304 g/mol. The summed E-state index contributed by atoms with van der Waals surface area (Å²) in [4.78, 5) is 4.51. The van der Waals surface area contributed by atoms with E-state index >= 15 is 0 Å². The Hall–Kier alpha value is -2.04. The molecule has 1 atom stereocenters. The fraction of sp³-hybridized carbons (Fsp3) is 0.211. The van der Waals surface area contributed by atoms with Crippen molar-refractivity contribution in [2.75, 3.05) is 0 Å². The van der Waals surface area contributed by atoms with E-state index in [9.17, 15) is 5.11 Å². The second-order valence-corrected chi connectivity index (χ2v) is 6.74. The van der Waals surface area contributed by atoms with Gasteiger partial charge in [0.05, 0.1) is 18.5 Å². The van der Waals surface area contributed by atoms with Crippen LogP contribution in [0.25, 0.3) is 0 Å². The van der Waals surface area contributed by atoms with Gasteiger partial charge in [-0.1, -0.05) is 72.4 Å². The Morgan fingerprint density at radius 3 is 2.35 bits per heavy atom. The second kappa shape index (κ2) is 7.49. The van der Waals surface area contributed by atoms with Crippen molar-refractivity contribution in [1.29, 1.82) is 0 Å². The van der Waals surface area contributed by atoms with E-state index in [0.717, 1.165) is 17.4 Å². The van der Waals surface area contributed by atoms with Crippen LogP contribution in [0.1, 0.15) is 29.0 Å². The van der Waals surface area contributed by atoms with E-state index < -0.39 is 0 Å². The van der Waals surface area contributed by atoms with Crippen LogP contribution in [-0.4, -0.2) is 14.7 Å². The molecule has 3 rings (SSSR count). The SMILES string of the molecule is CC(Sc1ncc(CO)n1Cc1ccccc1)c1ccccc1. The van der Waals surface area contributed by atoms with E-state index in [-0.39, 0.29) is 6.61 Å². The summed E-state index contributed by atoms with van der Waals surface area (Å²) in [6.45, 7) is 2.90. The van der Waals surface area contributed by atoms with Gasteiger partial charge in [0, 0.05) is 11.8 Å². The predicted molar refractivity (Wildman–Crippen MR) is 94.4 cm³/mol. The third kappa shape index (κ3) is 3.84. The molecule has 0 aliphatic carbocycles. The van der Waals surface area contributed by atoms with E-state index in [1.165, 1.54) is 11.1 Å². The van der Waals surface area contributed by atoms with Crippen LogP contribution in [-0.2, 0) is 13.2 Å². The van der Waals surface area contributed by atoms with Gasteiger partial charge in [0.25, 0.3) is 0 Å². The summed E-state index contributed by atoms with van der Waals surface area (Å²) < 4.78 is 2.10. The van der Waals surface area contributed by atoms with Gasteiger partial charge in [-0.05, 0) is 18.1 Å². The lowest BCUT2D eigenvalue weighted by Crippen LogP contribution is -2.06. The first-order valence-electron chi connectivity index (χ1n) is 7.68. The highest BCUT2D eigenvalue weighted by Gasteiger charge is 2.15. The van der Waals surface area contributed by atoms with Crippen LogP contribution in [0.3, 0.4) is 0 Å². The molecule has 1 heterocycles. The highest BCUT2D eigenvalue weighted by Crippen LogP contribution is 2.34. The summed E-state index contributed by atoms with van der Waals surface area (Å²) in [5.74, 6) is 0. The molecule has 0 radical (unpaired) electrons. The molecular formula is C19H20N2OS. The number of benzene rings is 2. The third-order valence-corrected chi connectivity index (χ3v) is 4.96. The fourth-order valence-corrected chi connectivity index (χ4v) is 3.53. The first kappa shape index (κ1) is 15.8. The van der Waals surface area contributed by atoms with Gasteiger partial charge in [-0.15, -0.1) is 0 Å². The maximum atomic E-state index is 9.59. The number of hydrogen-bond acceptors (Lipinski definition) is 3. The Morgan fingerprint density at radius 2 is 1.70 bits per heavy atom. The van der Waals surface area contributed by atoms with Crippen LogP contribution in [0.5, 0.6) is 0 Å². The summed E-state index contributed by atoms with van der Waals surface area (Å²) in [5, 5.41) is 10.8. The van der Waals surface area contributed by atoms with E-state index in [1.807, 2.05) is 24.3 Å². The van der Waals surface area contributed by atoms with Crippen LogP contribution in [0, 0.1) is 0 Å². The fourth-order valence-electron chi connectivity index (χ4n) is 2.50. The van der Waals surface area contributed by atoms with Gasteiger partial charge < -0.3 is 9.67 Å². The van der Waals surface area contributed by atoms with E-state index in [1.54, 1.807) is 18.0 Å². The molecule has 1 aromatic heterocycles. The average molecular weight is 324 g/mol. The maximum Gasteiger partial charge on any atom is 0.169 e. The number of aromatic nitrogens is 2. The zero-order chi connectivity index (χ0) is 16.1. The molecule has 1 N–H and O–H groups in total. The van der Waals surface area contributed by atoms with Gasteiger partial charge >= 0.3 is 0 Å². The van der Waals surface area contributed by atoms with Crippen LogP contribution in [0.2, 0.25) is 0 Å². The van der Waals surface area contributed by atoms with Crippen molar-refractivity contribution in [2.24, 2.45) is 0 Å². The lowest BCUT2D eigenvalue weighted by atomic mass is 10.2. The van der Waals surface area contributed by atoms with Crippen molar-refractivity contribution in [1.82, 2.24) is 9.55 Å². The number of aliphatic hydroxyl groups is 1. The summed E-state index contributed by atoms with van der Waals surface area (Å²) in [5.41, 5.74) is 3.32. The molecule has 0 amide bonds. The molecule has 0 saturated carbocycles. The van der Waals surface area contributed by atoms with Gasteiger partial charge in [-0.3, -0.25) is 0 Å². The highest BCUT2D eigenvalue weighted by molar-refractivity contribution is 7.99. The van der Waals surface area contributed by atoms with Crippen LogP contribution in [0.4, 0.5) is 0 Å². The number of imidazole rings is 1. The van der Waals surface area contributed by atoms with Gasteiger partial charge in [-0.2, -0.15) is 0 Å². The van der Waals surface area contributed by atoms with Crippen LogP contribution < -0.4 is 0 Å². The van der Waals surface area contributed by atoms with Crippen molar-refractivity contribution in [3.05, 3.63) is 83.7 Å². The zero-order valence-electron chi connectivity index (χ0n) is 13.1. The normalized spacial score (nSPS) is 12.3. The molecule has 0 fully saturated rings. The minimum atomic E-state index is 0.000111. The molecule has 23 heavy (non-hydrogen) atoms. The van der Waals surface area contributed by atoms with Crippen LogP contribution >= 0.6 is 11.8 Å². The van der Waals surface area contributed by atoms with Crippen molar-refractivity contribution in [3.63, 3.8) is 0 Å². The van der Waals surface area contributed by atoms with E-state index in [4.69, 9.17) is 0 Å². The lowest BCUT2D eigenvalue weighted by molar-refractivity contribution is 0.270. The molecule has 3 nitrogen and oxygen atoms in total. The molecule has 0 bridgehead atoms. The quantitative estimate of drug-likeness (QED) is 0.688. The largest absolute Gasteiger partial charge is 0.390 e. The molecule has 0 saturated heterocycles. The molecule has 0 aliphatic heterocycles. The minimum absolute atomic E-state index is 0.000111. The van der Waals surface area contributed by atoms with Crippen molar-refractivity contribution in [3.8, 4) is 0 Å². The average Bonchev–Trinajstić information content (AvgIpc) is 2.98. The number of aliphatic hydroxyl groups excluding tert-OH is 1. The van der Waals surface area contributed by atoms with Gasteiger partial charge in [-0.25, -0.2) is 4.98 Å². The first-order chi connectivity index (χ1) is 11.3. The number of rotatable bonds is 6. The summed E-state index contributed by atoms with van der Waals surface area (Å²) in [6.07, 6.45) is 1.77. The van der Waals surface area contributed by atoms with Crippen molar-refractivity contribution in [2.45, 2.75) is 30.5 Å². The maximum absolute atomic E-state index is 9.59. The molecule has 0 aliphatic rings. The standard InChI is InChI=1S/C19H20N2OS/c1-15(17-10-6-3-7-11-17)23-19-20-12-18(14-22)21(19)13-16-8-4-2-5-9-16/h2-12,15,22H,13-14H2,1H3. The Kier molecular flexibility index (Phi) is 5.16. The molecule has 3 aromatic rings. The summed E-state index contributed by atoms with van der Waals surface area (Å²) in [7, 11) is 0. The molecule has 118 valence electrons. The van der Waals surface area contributed by atoms with E-state index in [2.05, 4.69) is 52.9 Å². The summed E-state index contributed by atoms with van der Waals surface area (Å²) >= 11 is 1.72. The minimum Gasteiger partial charge on any atom is -0.390 e. The Morgan fingerprint density at radius 1 is 1.04 bits per heavy atom. The van der Waals surface area contributed by atoms with Gasteiger partial charge in [0.1, 0.15) is 0 Å². The van der Waals surface area contributed by atoms with Gasteiger partial charge in [0.2, 0.25) is 0 Å². The molecule has 1 unspecified atom stereocenters. The van der Waals surface area contributed by atoms with Crippen molar-refractivity contribution >= 4 is 11.8 Å². The highest BCUT2D eigenvalue weighted by atomic mass is 32.2. The molecule has 2 aromatic carbocycles. The number of thioether (sulfide) groups is 1. The van der Waals surface area contributed by atoms with Crippen molar-refractivity contribution < 1.29 is 5.11 Å². The Labute approximate surface area is 141 Å². The summed E-state index contributed by atoms with van der Waals surface area (Å²) in [6, 6.07) is 20.7. The van der Waals surface area contributed by atoms with Gasteiger partial charge in [0.15, 0.2) is 5.16 Å². The number of hydrogen-bond donors (Lipinski definition) is 1. The molecule has 0 spiro atoms. The zero-order valence-corrected chi connectivity index (χ0v) is 13.9. The third-order valence-electron chi connectivity index (χ3n) is 3.80. The van der Waals surface area contributed by atoms with E-state index in [0.29, 0.717) is 5.25 Å². The lowest BCUT2D eigenvalue weighted by Gasteiger charge is -2.14. The monoisotopic (exact) mass is 324 g/mol. The second-order valence-electron chi connectivity index (χ2n) is 5.43. The Bertz CT molecular complexity index is 741. The predicted octanol–water partition coefficient (Wildman–Crippen LogP) is 4.28. The molecule has 4 heteroatoms. The Balaban J connectivity index is 1.83. The smallest absolute Gasteiger partial charge is 0.169 e. The first-order valence-corrected chi connectivity index (χ1v) is 8.56. The van der Waals surface area contributed by atoms with Crippen LogP contribution in [0.15, 0.2) is 72.0 Å².